The van der Waals surface area contributed by atoms with Crippen molar-refractivity contribution in [2.45, 2.75) is 39.2 Å². The van der Waals surface area contributed by atoms with Gasteiger partial charge in [-0.15, -0.1) is 0 Å². The summed E-state index contributed by atoms with van der Waals surface area (Å²) < 4.78 is 12.8. The van der Waals surface area contributed by atoms with Crippen LogP contribution in [0.15, 0.2) is 18.3 Å². The van der Waals surface area contributed by atoms with Gasteiger partial charge in [0.2, 0.25) is 0 Å². The lowest BCUT2D eigenvalue weighted by atomic mass is 10.00. The number of aliphatic hydroxyl groups excluding tert-OH is 1. The van der Waals surface area contributed by atoms with E-state index >= 15 is 0 Å². The van der Waals surface area contributed by atoms with Gasteiger partial charge in [0.25, 0.3) is 0 Å². The van der Waals surface area contributed by atoms with Crippen molar-refractivity contribution in [2.75, 3.05) is 13.2 Å². The summed E-state index contributed by atoms with van der Waals surface area (Å²) in [4.78, 5) is 4.06. The highest BCUT2D eigenvalue weighted by Crippen LogP contribution is 2.13. The predicted molar refractivity (Wildman–Crippen MR) is 70.7 cm³/mol. The van der Waals surface area contributed by atoms with Gasteiger partial charge in [0.15, 0.2) is 0 Å². The summed E-state index contributed by atoms with van der Waals surface area (Å²) in [6, 6.07) is 3.23. The molecule has 2 unspecified atom stereocenters. The van der Waals surface area contributed by atoms with Crippen LogP contribution in [0.4, 0.5) is 4.39 Å². The number of nitrogens with one attached hydrogen (secondary N) is 1. The molecule has 2 atom stereocenters. The lowest BCUT2D eigenvalue weighted by Crippen LogP contribution is -2.27. The molecule has 0 saturated heterocycles. The summed E-state index contributed by atoms with van der Waals surface area (Å²) in [5, 5.41) is 12.4. The molecular weight excluding hydrogens is 231 g/mol. The fourth-order valence-corrected chi connectivity index (χ4v) is 2.03. The Hall–Kier alpha value is -1.00. The maximum Gasteiger partial charge on any atom is 0.141 e. The van der Waals surface area contributed by atoms with Gasteiger partial charge < -0.3 is 10.4 Å². The zero-order valence-electron chi connectivity index (χ0n) is 11.2. The van der Waals surface area contributed by atoms with Gasteiger partial charge in [-0.1, -0.05) is 13.3 Å². The topological polar surface area (TPSA) is 45.1 Å². The standard InChI is InChI=1S/C14H23FN2O/c1-3-4-12(7-8-18)9-16-11(2)14-6-5-13(15)10-17-14/h5-6,10-12,16,18H,3-4,7-9H2,1-2H3. The lowest BCUT2D eigenvalue weighted by Gasteiger charge is -2.19. The minimum absolute atomic E-state index is 0.101. The zero-order valence-corrected chi connectivity index (χ0v) is 11.2. The van der Waals surface area contributed by atoms with E-state index in [9.17, 15) is 4.39 Å². The molecule has 18 heavy (non-hydrogen) atoms. The van der Waals surface area contributed by atoms with Gasteiger partial charge in [-0.2, -0.15) is 0 Å². The number of aromatic nitrogens is 1. The molecule has 0 spiro atoms. The average molecular weight is 254 g/mol. The normalized spacial score (nSPS) is 14.4. The maximum absolute atomic E-state index is 12.8. The van der Waals surface area contributed by atoms with E-state index in [0.29, 0.717) is 5.92 Å². The smallest absolute Gasteiger partial charge is 0.141 e. The first-order chi connectivity index (χ1) is 8.67. The third-order valence-corrected chi connectivity index (χ3v) is 3.14. The van der Waals surface area contributed by atoms with Crippen LogP contribution in [0.5, 0.6) is 0 Å². The molecule has 1 aromatic heterocycles. The van der Waals surface area contributed by atoms with E-state index in [-0.39, 0.29) is 18.5 Å². The molecule has 3 nitrogen and oxygen atoms in total. The SMILES string of the molecule is CCCC(CCO)CNC(C)c1ccc(F)cn1. The van der Waals surface area contributed by atoms with Crippen LogP contribution in [0.3, 0.4) is 0 Å². The Labute approximate surface area is 108 Å². The van der Waals surface area contributed by atoms with Crippen LogP contribution in [0, 0.1) is 11.7 Å². The Balaban J connectivity index is 2.43. The van der Waals surface area contributed by atoms with E-state index in [1.54, 1.807) is 6.07 Å². The molecule has 102 valence electrons. The Morgan fingerprint density at radius 1 is 1.39 bits per heavy atom. The van der Waals surface area contributed by atoms with Crippen molar-refractivity contribution in [3.63, 3.8) is 0 Å². The molecule has 1 rings (SSSR count). The first-order valence-electron chi connectivity index (χ1n) is 6.63. The van der Waals surface area contributed by atoms with Crippen molar-refractivity contribution in [3.05, 3.63) is 29.8 Å². The number of pyridine rings is 1. The molecule has 0 aliphatic rings. The summed E-state index contributed by atoms with van der Waals surface area (Å²) >= 11 is 0. The highest BCUT2D eigenvalue weighted by atomic mass is 19.1. The summed E-state index contributed by atoms with van der Waals surface area (Å²) in [6.45, 7) is 5.25. The van der Waals surface area contributed by atoms with E-state index in [0.717, 1.165) is 31.5 Å². The molecule has 0 amide bonds. The van der Waals surface area contributed by atoms with Gasteiger partial charge in [-0.3, -0.25) is 4.98 Å². The third-order valence-electron chi connectivity index (χ3n) is 3.14. The highest BCUT2D eigenvalue weighted by Gasteiger charge is 2.11. The minimum Gasteiger partial charge on any atom is -0.396 e. The van der Waals surface area contributed by atoms with Gasteiger partial charge in [-0.05, 0) is 44.4 Å². The van der Waals surface area contributed by atoms with Gasteiger partial charge >= 0.3 is 0 Å². The molecule has 4 heteroatoms. The van der Waals surface area contributed by atoms with Crippen molar-refractivity contribution >= 4 is 0 Å². The number of halogens is 1. The van der Waals surface area contributed by atoms with Crippen LogP contribution in [-0.2, 0) is 0 Å². The second-order valence-corrected chi connectivity index (χ2v) is 4.70. The molecule has 1 heterocycles. The Kier molecular flexibility index (Phi) is 6.83. The van der Waals surface area contributed by atoms with Crippen LogP contribution >= 0.6 is 0 Å². The Morgan fingerprint density at radius 2 is 2.17 bits per heavy atom. The molecule has 0 bridgehead atoms. The molecule has 0 radical (unpaired) electrons. The summed E-state index contributed by atoms with van der Waals surface area (Å²) in [5.74, 6) is 0.179. The first-order valence-corrected chi connectivity index (χ1v) is 6.63. The van der Waals surface area contributed by atoms with Gasteiger partial charge in [0, 0.05) is 12.6 Å². The fourth-order valence-electron chi connectivity index (χ4n) is 2.03. The molecular formula is C14H23FN2O. The molecule has 2 N–H and O–H groups in total. The van der Waals surface area contributed by atoms with Crippen molar-refractivity contribution in [1.82, 2.24) is 10.3 Å². The van der Waals surface area contributed by atoms with Gasteiger partial charge in [0.05, 0.1) is 11.9 Å². The molecule has 0 aromatic carbocycles. The average Bonchev–Trinajstić information content (AvgIpc) is 2.37. The molecule has 0 aliphatic heterocycles. The highest BCUT2D eigenvalue weighted by molar-refractivity contribution is 5.08. The van der Waals surface area contributed by atoms with Gasteiger partial charge in [0.1, 0.15) is 5.82 Å². The second kappa shape index (κ2) is 8.16. The van der Waals surface area contributed by atoms with E-state index < -0.39 is 0 Å². The lowest BCUT2D eigenvalue weighted by molar-refractivity contribution is 0.245. The van der Waals surface area contributed by atoms with E-state index in [2.05, 4.69) is 17.2 Å². The third kappa shape index (κ3) is 5.10. The summed E-state index contributed by atoms with van der Waals surface area (Å²) in [7, 11) is 0. The minimum atomic E-state index is -0.310. The first kappa shape index (κ1) is 15.1. The van der Waals surface area contributed by atoms with E-state index in [1.807, 2.05) is 6.92 Å². The second-order valence-electron chi connectivity index (χ2n) is 4.70. The van der Waals surface area contributed by atoms with Gasteiger partial charge in [-0.25, -0.2) is 4.39 Å². The maximum atomic E-state index is 12.8. The number of hydrogen-bond donors (Lipinski definition) is 2. The fraction of sp³-hybridized carbons (Fsp3) is 0.643. The van der Waals surface area contributed by atoms with Crippen molar-refractivity contribution < 1.29 is 9.50 Å². The monoisotopic (exact) mass is 254 g/mol. The van der Waals surface area contributed by atoms with Crippen LogP contribution in [0.25, 0.3) is 0 Å². The molecule has 0 fully saturated rings. The number of nitrogens with zero attached hydrogens (tertiary/aromatic N) is 1. The van der Waals surface area contributed by atoms with Crippen LogP contribution < -0.4 is 5.32 Å². The van der Waals surface area contributed by atoms with E-state index in [1.165, 1.54) is 12.3 Å². The zero-order chi connectivity index (χ0) is 13.4. The summed E-state index contributed by atoms with van der Waals surface area (Å²) in [5.41, 5.74) is 0.843. The van der Waals surface area contributed by atoms with Crippen molar-refractivity contribution in [1.29, 1.82) is 0 Å². The Bertz CT molecular complexity index is 323. The van der Waals surface area contributed by atoms with Crippen molar-refractivity contribution in [3.8, 4) is 0 Å². The van der Waals surface area contributed by atoms with Crippen LogP contribution in [-0.4, -0.2) is 23.2 Å². The summed E-state index contributed by atoms with van der Waals surface area (Å²) in [6.07, 6.45) is 4.29. The quantitative estimate of drug-likeness (QED) is 0.749. The van der Waals surface area contributed by atoms with Crippen LogP contribution in [0.1, 0.15) is 44.8 Å². The van der Waals surface area contributed by atoms with Crippen molar-refractivity contribution in [2.24, 2.45) is 5.92 Å². The molecule has 0 saturated carbocycles. The number of hydrogen-bond acceptors (Lipinski definition) is 3. The van der Waals surface area contributed by atoms with E-state index in [4.69, 9.17) is 5.11 Å². The Morgan fingerprint density at radius 3 is 2.72 bits per heavy atom. The number of aliphatic hydroxyl groups is 1. The largest absolute Gasteiger partial charge is 0.396 e. The molecule has 0 aliphatic carbocycles. The predicted octanol–water partition coefficient (Wildman–Crippen LogP) is 2.67. The number of rotatable bonds is 8. The molecule has 1 aromatic rings. The van der Waals surface area contributed by atoms with Crippen LogP contribution in [0.2, 0.25) is 0 Å².